The van der Waals surface area contributed by atoms with Gasteiger partial charge in [0.05, 0.1) is 11.0 Å². The number of para-hydroxylation sites is 2. The molecule has 35 heavy (non-hydrogen) atoms. The lowest BCUT2D eigenvalue weighted by atomic mass is 10.1. The molecule has 0 aliphatic carbocycles. The van der Waals surface area contributed by atoms with Gasteiger partial charge in [0.1, 0.15) is 5.60 Å². The van der Waals surface area contributed by atoms with Crippen LogP contribution in [0.4, 0.5) is 4.79 Å². The summed E-state index contributed by atoms with van der Waals surface area (Å²) in [6.07, 6.45) is 7.34. The first-order valence-corrected chi connectivity index (χ1v) is 13.1. The molecule has 0 N–H and O–H groups in total. The molecular weight excluding hydrogens is 432 g/mol. The quantitative estimate of drug-likeness (QED) is 0.223. The van der Waals surface area contributed by atoms with Crippen molar-refractivity contribution in [2.24, 2.45) is 0 Å². The molecule has 0 atom stereocenters. The first-order valence-electron chi connectivity index (χ1n) is 13.1. The van der Waals surface area contributed by atoms with Crippen LogP contribution in [0, 0.1) is 0 Å². The summed E-state index contributed by atoms with van der Waals surface area (Å²) in [7, 11) is 0. The van der Waals surface area contributed by atoms with E-state index in [0.29, 0.717) is 0 Å². The SMILES string of the molecule is CCCCCCCCn1c2ccccc2c2cc3c(cc21)c1ccccc1n3C(=O)OC(C)(C)C. The number of aromatic nitrogens is 2. The van der Waals surface area contributed by atoms with Crippen LogP contribution in [0.25, 0.3) is 43.6 Å². The first kappa shape index (κ1) is 23.5. The Morgan fingerprint density at radius 3 is 2.00 bits per heavy atom. The zero-order chi connectivity index (χ0) is 24.6. The van der Waals surface area contributed by atoms with Crippen LogP contribution in [0.15, 0.2) is 60.7 Å². The summed E-state index contributed by atoms with van der Waals surface area (Å²) in [5, 5.41) is 4.58. The van der Waals surface area contributed by atoms with Crippen molar-refractivity contribution in [1.82, 2.24) is 9.13 Å². The van der Waals surface area contributed by atoms with E-state index in [0.717, 1.165) is 28.4 Å². The van der Waals surface area contributed by atoms with Crippen LogP contribution in [0.3, 0.4) is 0 Å². The first-order chi connectivity index (χ1) is 16.9. The number of hydrogen-bond acceptors (Lipinski definition) is 2. The lowest BCUT2D eigenvalue weighted by Gasteiger charge is -2.20. The normalized spacial score (nSPS) is 12.3. The highest BCUT2D eigenvalue weighted by atomic mass is 16.6. The number of carbonyl (C=O) groups is 1. The summed E-state index contributed by atoms with van der Waals surface area (Å²) in [5.41, 5.74) is 3.72. The van der Waals surface area contributed by atoms with Gasteiger partial charge >= 0.3 is 6.09 Å². The van der Waals surface area contributed by atoms with Gasteiger partial charge in [0.2, 0.25) is 0 Å². The van der Waals surface area contributed by atoms with Crippen LogP contribution >= 0.6 is 0 Å². The monoisotopic (exact) mass is 468 g/mol. The van der Waals surface area contributed by atoms with E-state index in [9.17, 15) is 4.79 Å². The molecule has 0 saturated carbocycles. The van der Waals surface area contributed by atoms with Gasteiger partial charge in [0.15, 0.2) is 0 Å². The Bertz CT molecular complexity index is 1510. The molecule has 2 aromatic heterocycles. The van der Waals surface area contributed by atoms with Crippen molar-refractivity contribution in [1.29, 1.82) is 0 Å². The average Bonchev–Trinajstić information content (AvgIpc) is 3.31. The maximum absolute atomic E-state index is 13.3. The van der Waals surface area contributed by atoms with Gasteiger partial charge in [0.25, 0.3) is 0 Å². The van der Waals surface area contributed by atoms with Crippen molar-refractivity contribution in [3.8, 4) is 0 Å². The van der Waals surface area contributed by atoms with Crippen LogP contribution in [0.2, 0.25) is 0 Å². The highest BCUT2D eigenvalue weighted by molar-refractivity contribution is 6.19. The highest BCUT2D eigenvalue weighted by Gasteiger charge is 2.23. The van der Waals surface area contributed by atoms with Gasteiger partial charge in [-0.2, -0.15) is 0 Å². The molecule has 0 radical (unpaired) electrons. The Morgan fingerprint density at radius 1 is 0.714 bits per heavy atom. The number of nitrogens with zero attached hydrogens (tertiary/aromatic N) is 2. The molecule has 0 unspecified atom stereocenters. The van der Waals surface area contributed by atoms with Crippen molar-refractivity contribution in [3.63, 3.8) is 0 Å². The fourth-order valence-corrected chi connectivity index (χ4v) is 5.30. The van der Waals surface area contributed by atoms with E-state index in [-0.39, 0.29) is 6.09 Å². The molecule has 182 valence electrons. The van der Waals surface area contributed by atoms with Crippen LogP contribution in [-0.4, -0.2) is 20.8 Å². The minimum Gasteiger partial charge on any atom is -0.443 e. The zero-order valence-corrected chi connectivity index (χ0v) is 21.4. The Kier molecular flexibility index (Phi) is 6.31. The van der Waals surface area contributed by atoms with Crippen molar-refractivity contribution < 1.29 is 9.53 Å². The average molecular weight is 469 g/mol. The summed E-state index contributed by atoms with van der Waals surface area (Å²) >= 11 is 0. The molecule has 0 saturated heterocycles. The maximum atomic E-state index is 13.3. The lowest BCUT2D eigenvalue weighted by Crippen LogP contribution is -2.27. The van der Waals surface area contributed by atoms with E-state index < -0.39 is 5.60 Å². The van der Waals surface area contributed by atoms with E-state index in [1.54, 1.807) is 4.57 Å². The second kappa shape index (κ2) is 9.41. The van der Waals surface area contributed by atoms with Crippen molar-refractivity contribution in [3.05, 3.63) is 60.7 Å². The summed E-state index contributed by atoms with van der Waals surface area (Å²) in [4.78, 5) is 13.3. The maximum Gasteiger partial charge on any atom is 0.419 e. The van der Waals surface area contributed by atoms with Crippen LogP contribution < -0.4 is 0 Å². The standard InChI is InChI=1S/C31H36N2O2/c1-5-6-7-8-9-14-19-32-26-17-12-10-15-22(26)24-21-29-25(20-28(24)32)23-16-11-13-18-27(23)33(29)30(34)35-31(2,3)4/h10-13,15-18,20-21H,5-9,14,19H2,1-4H3. The third-order valence-electron chi connectivity index (χ3n) is 6.88. The summed E-state index contributed by atoms with van der Waals surface area (Å²) in [6, 6.07) is 21.2. The van der Waals surface area contributed by atoms with Gasteiger partial charge in [-0.1, -0.05) is 75.4 Å². The Morgan fingerprint density at radius 2 is 1.29 bits per heavy atom. The van der Waals surface area contributed by atoms with E-state index in [4.69, 9.17) is 4.74 Å². The number of aryl methyl sites for hydroxylation is 1. The van der Waals surface area contributed by atoms with Gasteiger partial charge in [-0.15, -0.1) is 0 Å². The molecule has 0 bridgehead atoms. The van der Waals surface area contributed by atoms with E-state index >= 15 is 0 Å². The second-order valence-corrected chi connectivity index (χ2v) is 10.7. The molecule has 3 aromatic carbocycles. The van der Waals surface area contributed by atoms with Gasteiger partial charge < -0.3 is 9.30 Å². The van der Waals surface area contributed by atoms with Crippen LogP contribution in [-0.2, 0) is 11.3 Å². The van der Waals surface area contributed by atoms with Gasteiger partial charge in [-0.05, 0) is 51.5 Å². The van der Waals surface area contributed by atoms with Crippen molar-refractivity contribution >= 4 is 49.7 Å². The van der Waals surface area contributed by atoms with E-state index in [1.165, 1.54) is 60.3 Å². The largest absolute Gasteiger partial charge is 0.443 e. The van der Waals surface area contributed by atoms with Gasteiger partial charge in [-0.3, -0.25) is 0 Å². The van der Waals surface area contributed by atoms with Gasteiger partial charge in [-0.25, -0.2) is 9.36 Å². The third-order valence-corrected chi connectivity index (χ3v) is 6.88. The number of carbonyl (C=O) groups excluding carboxylic acids is 1. The summed E-state index contributed by atoms with van der Waals surface area (Å²) in [5.74, 6) is 0. The highest BCUT2D eigenvalue weighted by Crippen LogP contribution is 2.37. The molecule has 4 nitrogen and oxygen atoms in total. The second-order valence-electron chi connectivity index (χ2n) is 10.7. The Balaban J connectivity index is 1.67. The molecule has 0 amide bonds. The fraction of sp³-hybridized carbons (Fsp3) is 0.387. The zero-order valence-electron chi connectivity index (χ0n) is 21.4. The summed E-state index contributed by atoms with van der Waals surface area (Å²) < 4.78 is 10.0. The fourth-order valence-electron chi connectivity index (χ4n) is 5.30. The van der Waals surface area contributed by atoms with E-state index in [1.807, 2.05) is 39.0 Å². The number of benzene rings is 3. The Hall–Kier alpha value is -3.27. The third kappa shape index (κ3) is 4.42. The molecule has 0 aliphatic heterocycles. The summed E-state index contributed by atoms with van der Waals surface area (Å²) in [6.45, 7) is 9.00. The van der Waals surface area contributed by atoms with Crippen LogP contribution in [0.1, 0.15) is 66.2 Å². The topological polar surface area (TPSA) is 36.2 Å². The van der Waals surface area contributed by atoms with Crippen molar-refractivity contribution in [2.75, 3.05) is 0 Å². The van der Waals surface area contributed by atoms with E-state index in [2.05, 4.69) is 54.0 Å². The molecule has 2 heterocycles. The molecule has 0 fully saturated rings. The molecule has 4 heteroatoms. The van der Waals surface area contributed by atoms with Gasteiger partial charge in [0, 0.05) is 39.1 Å². The smallest absolute Gasteiger partial charge is 0.419 e. The predicted molar refractivity (Wildman–Crippen MR) is 147 cm³/mol. The minimum atomic E-state index is -0.563. The van der Waals surface area contributed by atoms with Crippen molar-refractivity contribution in [2.45, 2.75) is 78.4 Å². The molecule has 0 spiro atoms. The number of hydrogen-bond donors (Lipinski definition) is 0. The Labute approximate surface area is 207 Å². The molecule has 0 aliphatic rings. The predicted octanol–water partition coefficient (Wildman–Crippen LogP) is 9.05. The minimum absolute atomic E-state index is 0.334. The molecule has 5 aromatic rings. The number of rotatable bonds is 7. The molecular formula is C31H36N2O2. The van der Waals surface area contributed by atoms with Crippen LogP contribution in [0.5, 0.6) is 0 Å². The lowest BCUT2D eigenvalue weighted by molar-refractivity contribution is 0.0551. The number of ether oxygens (including phenoxy) is 1. The number of fused-ring (bicyclic) bond motifs is 6. The number of unbranched alkanes of at least 4 members (excludes halogenated alkanes) is 5. The molecule has 5 rings (SSSR count).